The maximum absolute atomic E-state index is 5.84. The molecule has 3 saturated heterocycles. The molecule has 3 aromatic heterocycles. The van der Waals surface area contributed by atoms with Gasteiger partial charge in [0.15, 0.2) is 11.6 Å². The van der Waals surface area contributed by atoms with Crippen molar-refractivity contribution in [1.29, 1.82) is 0 Å². The fourth-order valence-corrected chi connectivity index (χ4v) is 6.45. The molecule has 0 bridgehead atoms. The third-order valence-corrected chi connectivity index (χ3v) is 9.00. The van der Waals surface area contributed by atoms with Gasteiger partial charge in [0.2, 0.25) is 0 Å². The zero-order valence-corrected chi connectivity index (χ0v) is 23.5. The van der Waals surface area contributed by atoms with E-state index in [4.69, 9.17) is 25.6 Å². The number of likely N-dealkylation sites (N-methyl/N-ethyl adjacent to an activating group) is 1. The molecule has 0 saturated carbocycles. The summed E-state index contributed by atoms with van der Waals surface area (Å²) >= 11 is 0. The molecule has 11 nitrogen and oxygen atoms in total. The summed E-state index contributed by atoms with van der Waals surface area (Å²) in [5.41, 5.74) is 7.05. The monoisotopic (exact) mass is 534 g/mol. The van der Waals surface area contributed by atoms with Gasteiger partial charge in [-0.2, -0.15) is 5.10 Å². The van der Waals surface area contributed by atoms with E-state index in [1.165, 1.54) is 25.9 Å². The van der Waals surface area contributed by atoms with Gasteiger partial charge in [-0.25, -0.2) is 20.8 Å². The largest absolute Gasteiger partial charge is 0.379 e. The van der Waals surface area contributed by atoms with Crippen molar-refractivity contribution in [3.05, 3.63) is 24.3 Å². The van der Waals surface area contributed by atoms with Crippen LogP contribution in [0.3, 0.4) is 0 Å². The van der Waals surface area contributed by atoms with Crippen molar-refractivity contribution < 1.29 is 4.74 Å². The molecule has 210 valence electrons. The minimum atomic E-state index is 0.294. The Bertz CT molecular complexity index is 1270. The number of nitrogens with zero attached hydrogens (tertiary/aromatic N) is 8. The van der Waals surface area contributed by atoms with E-state index in [1.54, 1.807) is 0 Å². The van der Waals surface area contributed by atoms with Gasteiger partial charge in [-0.3, -0.25) is 4.68 Å². The first-order valence-electron chi connectivity index (χ1n) is 14.5. The standard InChI is InChI=1S/C28H42N10O/c1-4-24-28(36(3)22-9-14-39-18-22)33-25-23(16-30-27(34-29)26(25)32-24)19-15-31-38(17-19)21-7-12-37(13-8-21)20-5-10-35(2)11-6-20/h15-17,20-22H,4-14,18,29H2,1-3H3,(H,30,34)/t22-/m1/s1. The lowest BCUT2D eigenvalue weighted by Crippen LogP contribution is -2.47. The molecule has 0 aromatic carbocycles. The number of anilines is 2. The van der Waals surface area contributed by atoms with Crippen molar-refractivity contribution >= 4 is 22.7 Å². The Labute approximate surface area is 230 Å². The van der Waals surface area contributed by atoms with E-state index < -0.39 is 0 Å². The molecule has 3 aliphatic rings. The molecule has 0 radical (unpaired) electrons. The van der Waals surface area contributed by atoms with E-state index in [9.17, 15) is 0 Å². The number of nitrogens with one attached hydrogen (secondary N) is 1. The van der Waals surface area contributed by atoms with Gasteiger partial charge in [0.05, 0.1) is 30.6 Å². The lowest BCUT2D eigenvalue weighted by atomic mass is 9.98. The Morgan fingerprint density at radius 3 is 2.49 bits per heavy atom. The summed E-state index contributed by atoms with van der Waals surface area (Å²) in [6.45, 7) is 8.30. The average molecular weight is 535 g/mol. The topological polar surface area (TPSA) is 113 Å². The Morgan fingerprint density at radius 1 is 1.03 bits per heavy atom. The number of aromatic nitrogens is 5. The molecule has 3 fully saturated rings. The van der Waals surface area contributed by atoms with Crippen LogP contribution in [0.4, 0.5) is 11.6 Å². The summed E-state index contributed by atoms with van der Waals surface area (Å²) < 4.78 is 7.81. The zero-order chi connectivity index (χ0) is 26.9. The van der Waals surface area contributed by atoms with Crippen LogP contribution in [0.15, 0.2) is 18.6 Å². The zero-order valence-electron chi connectivity index (χ0n) is 23.5. The third kappa shape index (κ3) is 5.20. The first-order chi connectivity index (χ1) is 19.1. The Morgan fingerprint density at radius 2 is 1.79 bits per heavy atom. The van der Waals surface area contributed by atoms with Crippen molar-refractivity contribution in [2.45, 2.75) is 63.6 Å². The van der Waals surface area contributed by atoms with Gasteiger partial charge in [0, 0.05) is 56.3 Å². The summed E-state index contributed by atoms with van der Waals surface area (Å²) in [5, 5.41) is 4.82. The fourth-order valence-electron chi connectivity index (χ4n) is 6.45. The number of fused-ring (bicyclic) bond motifs is 1. The SMILES string of the molecule is CCc1nc2c(NN)ncc(-c3cnn(C4CCN(C5CCN(C)CC5)CC4)c3)c2nc1N(C)[C@@H]1CCOC1. The minimum absolute atomic E-state index is 0.294. The summed E-state index contributed by atoms with van der Waals surface area (Å²) in [6.07, 6.45) is 12.5. The maximum Gasteiger partial charge on any atom is 0.168 e. The van der Waals surface area contributed by atoms with Crippen LogP contribution < -0.4 is 16.2 Å². The third-order valence-electron chi connectivity index (χ3n) is 9.00. The maximum atomic E-state index is 5.84. The summed E-state index contributed by atoms with van der Waals surface area (Å²) in [7, 11) is 4.32. The van der Waals surface area contributed by atoms with Gasteiger partial charge in [-0.15, -0.1) is 0 Å². The van der Waals surface area contributed by atoms with Crippen LogP contribution in [0.25, 0.3) is 22.2 Å². The molecule has 3 N–H and O–H groups in total. The molecular weight excluding hydrogens is 492 g/mol. The number of pyridine rings is 1. The number of ether oxygens (including phenoxy) is 1. The molecule has 0 amide bonds. The summed E-state index contributed by atoms with van der Waals surface area (Å²) in [6, 6.07) is 1.44. The second-order valence-electron chi connectivity index (χ2n) is 11.3. The summed E-state index contributed by atoms with van der Waals surface area (Å²) in [5.74, 6) is 7.26. The first kappa shape index (κ1) is 26.4. The number of rotatable bonds is 7. The minimum Gasteiger partial charge on any atom is -0.379 e. The van der Waals surface area contributed by atoms with Crippen LogP contribution in [0, 0.1) is 0 Å². The highest BCUT2D eigenvalue weighted by atomic mass is 16.5. The predicted octanol–water partition coefficient (Wildman–Crippen LogP) is 2.69. The van der Waals surface area contributed by atoms with E-state index in [0.29, 0.717) is 30.0 Å². The number of nitrogens with two attached hydrogens (primary N) is 1. The lowest BCUT2D eigenvalue weighted by molar-refractivity contribution is 0.0851. The normalized spacial score (nSPS) is 22.1. The second kappa shape index (κ2) is 11.3. The van der Waals surface area contributed by atoms with Crippen LogP contribution >= 0.6 is 0 Å². The molecular formula is C28H42N10O. The van der Waals surface area contributed by atoms with Gasteiger partial charge in [-0.05, 0) is 58.7 Å². The predicted molar refractivity (Wildman–Crippen MR) is 154 cm³/mol. The molecule has 3 aromatic rings. The first-order valence-corrected chi connectivity index (χ1v) is 14.5. The number of likely N-dealkylation sites (tertiary alicyclic amines) is 2. The quantitative estimate of drug-likeness (QED) is 0.346. The number of hydrazine groups is 1. The van der Waals surface area contributed by atoms with Crippen LogP contribution in [0.5, 0.6) is 0 Å². The Hall–Kier alpha value is -2.86. The Kier molecular flexibility index (Phi) is 7.66. The molecule has 6 heterocycles. The van der Waals surface area contributed by atoms with Gasteiger partial charge < -0.3 is 24.9 Å². The van der Waals surface area contributed by atoms with E-state index >= 15 is 0 Å². The number of hydrogen-bond acceptors (Lipinski definition) is 10. The van der Waals surface area contributed by atoms with Gasteiger partial charge in [0.25, 0.3) is 0 Å². The molecule has 0 spiro atoms. The number of piperidine rings is 2. The number of hydrogen-bond donors (Lipinski definition) is 2. The van der Waals surface area contributed by atoms with Gasteiger partial charge >= 0.3 is 0 Å². The highest BCUT2D eigenvalue weighted by Crippen LogP contribution is 2.34. The Balaban J connectivity index is 1.27. The van der Waals surface area contributed by atoms with Crippen molar-refractivity contribution in [3.8, 4) is 11.1 Å². The molecule has 3 aliphatic heterocycles. The van der Waals surface area contributed by atoms with Crippen LogP contribution in [-0.2, 0) is 11.2 Å². The fraction of sp³-hybridized carbons (Fsp3) is 0.643. The van der Waals surface area contributed by atoms with Crippen LogP contribution in [0.2, 0.25) is 0 Å². The molecule has 39 heavy (non-hydrogen) atoms. The van der Waals surface area contributed by atoms with Gasteiger partial charge in [0.1, 0.15) is 11.0 Å². The molecule has 6 rings (SSSR count). The van der Waals surface area contributed by atoms with Gasteiger partial charge in [-0.1, -0.05) is 6.92 Å². The van der Waals surface area contributed by atoms with Crippen molar-refractivity contribution in [1.82, 2.24) is 34.5 Å². The second-order valence-corrected chi connectivity index (χ2v) is 11.3. The summed E-state index contributed by atoms with van der Waals surface area (Å²) in [4.78, 5) is 22.2. The smallest absolute Gasteiger partial charge is 0.168 e. The average Bonchev–Trinajstić information content (AvgIpc) is 3.69. The number of aryl methyl sites for hydroxylation is 1. The van der Waals surface area contributed by atoms with Crippen molar-refractivity contribution in [2.24, 2.45) is 5.84 Å². The molecule has 0 unspecified atom stereocenters. The van der Waals surface area contributed by atoms with E-state index in [0.717, 1.165) is 79.6 Å². The molecule has 1 atom stereocenters. The van der Waals surface area contributed by atoms with Crippen LogP contribution in [-0.4, -0.2) is 100 Å². The van der Waals surface area contributed by atoms with E-state index in [1.807, 2.05) is 12.4 Å². The van der Waals surface area contributed by atoms with Crippen molar-refractivity contribution in [3.63, 3.8) is 0 Å². The van der Waals surface area contributed by atoms with E-state index in [-0.39, 0.29) is 0 Å². The molecule has 11 heteroatoms. The van der Waals surface area contributed by atoms with Crippen LogP contribution in [0.1, 0.15) is 50.8 Å². The van der Waals surface area contributed by atoms with E-state index in [2.05, 4.69) is 57.0 Å². The highest BCUT2D eigenvalue weighted by Gasteiger charge is 2.29. The molecule has 0 aliphatic carbocycles. The number of nitrogen functional groups attached to an aromatic ring is 1. The van der Waals surface area contributed by atoms with Crippen molar-refractivity contribution in [2.75, 3.05) is 63.8 Å². The highest BCUT2D eigenvalue weighted by molar-refractivity contribution is 5.97. The lowest BCUT2D eigenvalue weighted by Gasteiger charge is -2.41.